The van der Waals surface area contributed by atoms with Crippen molar-refractivity contribution in [3.05, 3.63) is 35.9 Å². The van der Waals surface area contributed by atoms with Crippen LogP contribution in [-0.2, 0) is 28.4 Å². The molecule has 5 aliphatic carbocycles. The number of carbonyl (C=O) groups excluding carboxylic acids is 1. The van der Waals surface area contributed by atoms with Crippen LogP contribution in [0, 0.1) is 34.5 Å². The fraction of sp³-hybridized carbons (Fsp3) is 0.788. The fourth-order valence-electron chi connectivity index (χ4n) is 12.3. The van der Waals surface area contributed by atoms with Gasteiger partial charge in [-0.25, -0.2) is 4.79 Å². The summed E-state index contributed by atoms with van der Waals surface area (Å²) in [6, 6.07) is 8.79. The van der Waals surface area contributed by atoms with Crippen LogP contribution >= 0.6 is 0 Å². The number of esters is 1. The lowest BCUT2D eigenvalue weighted by Gasteiger charge is -2.69. The Kier molecular flexibility index (Phi) is 7.12. The van der Waals surface area contributed by atoms with E-state index in [0.717, 1.165) is 25.9 Å². The van der Waals surface area contributed by atoms with Crippen molar-refractivity contribution in [1.29, 1.82) is 0 Å². The van der Waals surface area contributed by atoms with Crippen LogP contribution in [0.1, 0.15) is 36.5 Å². The first-order valence-corrected chi connectivity index (χ1v) is 15.7. The Balaban J connectivity index is 1.49. The molecule has 0 aromatic heterocycles. The molecule has 1 aliphatic heterocycles. The van der Waals surface area contributed by atoms with Crippen molar-refractivity contribution in [2.45, 2.75) is 73.9 Å². The number of hydrogen-bond acceptors (Lipinski definition) is 10. The zero-order chi connectivity index (χ0) is 30.5. The van der Waals surface area contributed by atoms with Gasteiger partial charge in [-0.05, 0) is 43.9 Å². The van der Waals surface area contributed by atoms with E-state index < -0.39 is 46.8 Å². The number of fused-ring (bicyclic) bond motifs is 2. The van der Waals surface area contributed by atoms with Gasteiger partial charge in [0.25, 0.3) is 0 Å². The topological polar surface area (TPSA) is 116 Å². The molecular formula is C33H47NO9. The number of methoxy groups -OCH3 is 5. The van der Waals surface area contributed by atoms with Gasteiger partial charge in [0.1, 0.15) is 29.5 Å². The Morgan fingerprint density at radius 2 is 1.77 bits per heavy atom. The number of aliphatic hydroxyl groups excluding tert-OH is 1. The highest BCUT2D eigenvalue weighted by Gasteiger charge is 2.90. The maximum Gasteiger partial charge on any atom is 0.338 e. The van der Waals surface area contributed by atoms with E-state index in [1.807, 2.05) is 6.07 Å². The number of piperidine rings is 1. The van der Waals surface area contributed by atoms with Crippen molar-refractivity contribution in [3.8, 4) is 0 Å². The van der Waals surface area contributed by atoms with Crippen LogP contribution in [0.4, 0.5) is 0 Å². The van der Waals surface area contributed by atoms with Crippen LogP contribution in [-0.4, -0.2) is 124 Å². The molecule has 10 nitrogen and oxygen atoms in total. The van der Waals surface area contributed by atoms with Gasteiger partial charge in [-0.15, -0.1) is 0 Å². The van der Waals surface area contributed by atoms with Crippen LogP contribution in [0.3, 0.4) is 0 Å². The standard InChI is InChI=1S/C33H47NO9/c1-7-34-16-30(17-38-2)14-13-20(39-3)32-19-15-31(37)27(43-29(36)18-11-9-8-10-12-18)21(19)33(42-6,26(35)28(31)41-5)22(25(32)34)23(40-4)24(30)32/h8-12,19-28,35,37H,7,13-17H2,1-6H3/t19?,20-,21-,22-,23-,24+,25+,26-,27+,28-,30+,31+,32-,33-/m0/s1. The minimum atomic E-state index is -1.64. The Morgan fingerprint density at radius 1 is 1.02 bits per heavy atom. The normalized spacial score (nSPS) is 51.0. The van der Waals surface area contributed by atoms with E-state index in [-0.39, 0.29) is 47.8 Å². The van der Waals surface area contributed by atoms with E-state index in [4.69, 9.17) is 28.4 Å². The molecule has 1 saturated heterocycles. The summed E-state index contributed by atoms with van der Waals surface area (Å²) >= 11 is 0. The van der Waals surface area contributed by atoms with E-state index in [2.05, 4.69) is 11.8 Å². The zero-order valence-electron chi connectivity index (χ0n) is 26.1. The first-order valence-electron chi connectivity index (χ1n) is 15.7. The molecule has 1 heterocycles. The van der Waals surface area contributed by atoms with Crippen LogP contribution in [0.5, 0.6) is 0 Å². The summed E-state index contributed by atoms with van der Waals surface area (Å²) in [7, 11) is 8.45. The Hall–Kier alpha value is -1.63. The summed E-state index contributed by atoms with van der Waals surface area (Å²) in [5, 5.41) is 25.1. The van der Waals surface area contributed by atoms with Gasteiger partial charge >= 0.3 is 5.97 Å². The summed E-state index contributed by atoms with van der Waals surface area (Å²) in [6.07, 6.45) is -1.58. The average Bonchev–Trinajstić information content (AvgIpc) is 3.39. The second-order valence-electron chi connectivity index (χ2n) is 13.9. The Labute approximate surface area is 253 Å². The summed E-state index contributed by atoms with van der Waals surface area (Å²) in [5.41, 5.74) is -3.15. The van der Waals surface area contributed by atoms with Gasteiger partial charge in [-0.3, -0.25) is 4.90 Å². The van der Waals surface area contributed by atoms with Gasteiger partial charge in [0.2, 0.25) is 0 Å². The van der Waals surface area contributed by atoms with Gasteiger partial charge in [0.15, 0.2) is 0 Å². The van der Waals surface area contributed by atoms with E-state index in [1.165, 1.54) is 7.11 Å². The summed E-state index contributed by atoms with van der Waals surface area (Å²) in [5.74, 6) is -1.55. The first kappa shape index (κ1) is 30.0. The number of likely N-dealkylation sites (tertiary alicyclic amines) is 1. The van der Waals surface area contributed by atoms with E-state index >= 15 is 0 Å². The van der Waals surface area contributed by atoms with Crippen molar-refractivity contribution in [3.63, 3.8) is 0 Å². The van der Waals surface area contributed by atoms with Crippen molar-refractivity contribution >= 4 is 5.97 Å². The van der Waals surface area contributed by atoms with Crippen LogP contribution in [0.25, 0.3) is 0 Å². The summed E-state index contributed by atoms with van der Waals surface area (Å²) < 4.78 is 38.0. The first-order chi connectivity index (χ1) is 20.7. The van der Waals surface area contributed by atoms with Crippen molar-refractivity contribution < 1.29 is 43.4 Å². The minimum absolute atomic E-state index is 0.0186. The van der Waals surface area contributed by atoms with Crippen molar-refractivity contribution in [2.75, 3.05) is 55.2 Å². The number of hydrogen-bond donors (Lipinski definition) is 2. The molecule has 10 heteroatoms. The third-order valence-corrected chi connectivity index (χ3v) is 13.1. The lowest BCUT2D eigenvalue weighted by molar-refractivity contribution is -0.321. The predicted molar refractivity (Wildman–Crippen MR) is 154 cm³/mol. The Bertz CT molecular complexity index is 1230. The quantitative estimate of drug-likeness (QED) is 0.406. The van der Waals surface area contributed by atoms with Gasteiger partial charge < -0.3 is 38.6 Å². The molecule has 5 saturated carbocycles. The SMILES string of the molecule is CCN1C[C@@]2(COC)CC[C@H](OC)[C@@]34C5C[C@@]6(O)[C@H](OC(=O)c7ccccc7)[C@H]5[C@](OC)([C@@H]([C@H](OC)[C@H]23)[C@@H]14)[C@@H](O)[C@@H]6OC. The highest BCUT2D eigenvalue weighted by molar-refractivity contribution is 5.89. The number of carbonyl (C=O) groups is 1. The van der Waals surface area contributed by atoms with E-state index in [9.17, 15) is 15.0 Å². The maximum absolute atomic E-state index is 13.7. The molecule has 7 rings (SSSR count). The minimum Gasteiger partial charge on any atom is -0.455 e. The molecule has 0 radical (unpaired) electrons. The van der Waals surface area contributed by atoms with Crippen LogP contribution < -0.4 is 0 Å². The zero-order valence-corrected chi connectivity index (χ0v) is 26.1. The number of benzene rings is 1. The third kappa shape index (κ3) is 3.34. The van der Waals surface area contributed by atoms with Gasteiger partial charge in [-0.2, -0.15) is 0 Å². The molecule has 1 aromatic rings. The molecule has 238 valence electrons. The predicted octanol–water partition coefficient (Wildman–Crippen LogP) is 1.76. The number of ether oxygens (including phenoxy) is 6. The summed E-state index contributed by atoms with van der Waals surface area (Å²) in [6.45, 7) is 4.40. The fourth-order valence-corrected chi connectivity index (χ4v) is 12.3. The summed E-state index contributed by atoms with van der Waals surface area (Å²) in [4.78, 5) is 16.2. The molecule has 6 aliphatic rings. The van der Waals surface area contributed by atoms with Gasteiger partial charge in [0.05, 0.1) is 24.4 Å². The maximum atomic E-state index is 13.7. The van der Waals surface area contributed by atoms with Crippen LogP contribution in [0.15, 0.2) is 30.3 Å². The molecule has 7 bridgehead atoms. The third-order valence-electron chi connectivity index (χ3n) is 13.1. The second-order valence-corrected chi connectivity index (χ2v) is 13.9. The van der Waals surface area contributed by atoms with Gasteiger partial charge in [-0.1, -0.05) is 25.1 Å². The second kappa shape index (κ2) is 10.2. The Morgan fingerprint density at radius 3 is 2.37 bits per heavy atom. The molecule has 43 heavy (non-hydrogen) atoms. The number of aliphatic hydroxyl groups is 2. The number of nitrogens with zero attached hydrogens (tertiary/aromatic N) is 1. The van der Waals surface area contributed by atoms with E-state index in [0.29, 0.717) is 12.2 Å². The van der Waals surface area contributed by atoms with Gasteiger partial charge in [0, 0.05) is 76.7 Å². The largest absolute Gasteiger partial charge is 0.455 e. The monoisotopic (exact) mass is 601 g/mol. The molecule has 14 atom stereocenters. The molecule has 2 N–H and O–H groups in total. The molecule has 1 spiro atoms. The molecule has 0 amide bonds. The highest BCUT2D eigenvalue weighted by atomic mass is 16.6. The molecule has 6 fully saturated rings. The molecule has 1 aromatic carbocycles. The smallest absolute Gasteiger partial charge is 0.338 e. The highest BCUT2D eigenvalue weighted by Crippen LogP contribution is 2.80. The lowest BCUT2D eigenvalue weighted by atomic mass is 9.43. The average molecular weight is 602 g/mol. The van der Waals surface area contributed by atoms with Crippen molar-refractivity contribution in [2.24, 2.45) is 34.5 Å². The van der Waals surface area contributed by atoms with Crippen LogP contribution in [0.2, 0.25) is 0 Å². The lowest BCUT2D eigenvalue weighted by Crippen LogP contribution is -2.80. The van der Waals surface area contributed by atoms with Crippen molar-refractivity contribution in [1.82, 2.24) is 4.90 Å². The molecular weight excluding hydrogens is 554 g/mol. The molecule has 1 unspecified atom stereocenters. The number of rotatable bonds is 9. The van der Waals surface area contributed by atoms with E-state index in [1.54, 1.807) is 52.7 Å².